The van der Waals surface area contributed by atoms with E-state index in [9.17, 15) is 19.2 Å². The van der Waals surface area contributed by atoms with E-state index in [1.165, 1.54) is 24.3 Å². The van der Waals surface area contributed by atoms with Crippen molar-refractivity contribution in [3.63, 3.8) is 0 Å². The van der Waals surface area contributed by atoms with Crippen LogP contribution in [0.3, 0.4) is 0 Å². The van der Waals surface area contributed by atoms with Gasteiger partial charge in [-0.05, 0) is 82.1 Å². The monoisotopic (exact) mass is 592 g/mol. The van der Waals surface area contributed by atoms with Gasteiger partial charge in [0.05, 0.1) is 0 Å². The Bertz CT molecular complexity index is 744. The molecule has 0 aliphatic carbocycles. The average Bonchev–Trinajstić information content (AvgIpc) is 3.00. The number of carbonyl (C=O) groups excluding carboxylic acids is 4. The van der Waals surface area contributed by atoms with E-state index in [1.807, 2.05) is 0 Å². The Kier molecular flexibility index (Phi) is 24.5. The van der Waals surface area contributed by atoms with Crippen LogP contribution in [0, 0.1) is 0 Å². The lowest BCUT2D eigenvalue weighted by atomic mass is 9.83. The maximum absolute atomic E-state index is 12.4. The van der Waals surface area contributed by atoms with E-state index in [2.05, 4.69) is 47.6 Å². The van der Waals surface area contributed by atoms with E-state index >= 15 is 0 Å². The highest BCUT2D eigenvalue weighted by molar-refractivity contribution is 5.88. The first-order chi connectivity index (χ1) is 20.3. The standard InChI is InChI=1S/C31H52N4O7/c1-5-27(36)32-18-12-24-40-21-9-15-31(35-30(39)8-4,16-10-22-41-25-13-19-33-28(37)6-2)17-11-23-42-26-14-20-34-29(38)7-3/h5-8H,1-4,9-26H2,(H,32,36)(H,33,37)(H,34,38)(H,35,39). The highest BCUT2D eigenvalue weighted by Gasteiger charge is 2.30. The molecule has 0 bridgehead atoms. The van der Waals surface area contributed by atoms with E-state index in [-0.39, 0.29) is 23.6 Å². The minimum Gasteiger partial charge on any atom is -0.381 e. The van der Waals surface area contributed by atoms with E-state index in [1.54, 1.807) is 0 Å². The molecule has 11 nitrogen and oxygen atoms in total. The molecule has 0 heterocycles. The smallest absolute Gasteiger partial charge is 0.243 e. The van der Waals surface area contributed by atoms with Crippen LogP contribution in [0.25, 0.3) is 0 Å². The number of hydrogen-bond donors (Lipinski definition) is 4. The van der Waals surface area contributed by atoms with Crippen LogP contribution in [0.1, 0.15) is 57.8 Å². The lowest BCUT2D eigenvalue weighted by molar-refractivity contribution is -0.119. The summed E-state index contributed by atoms with van der Waals surface area (Å²) in [5.74, 6) is -0.842. The second-order valence-corrected chi connectivity index (χ2v) is 9.67. The topological polar surface area (TPSA) is 144 Å². The summed E-state index contributed by atoms with van der Waals surface area (Å²) in [5, 5.41) is 11.3. The number of rotatable bonds is 29. The Labute approximate surface area is 251 Å². The summed E-state index contributed by atoms with van der Waals surface area (Å²) >= 11 is 0. The van der Waals surface area contributed by atoms with Crippen LogP contribution in [-0.2, 0) is 33.4 Å². The van der Waals surface area contributed by atoms with Crippen molar-refractivity contribution in [2.45, 2.75) is 63.3 Å². The van der Waals surface area contributed by atoms with Crippen molar-refractivity contribution < 1.29 is 33.4 Å². The number of hydrogen-bond acceptors (Lipinski definition) is 7. The van der Waals surface area contributed by atoms with Gasteiger partial charge in [-0.2, -0.15) is 0 Å². The SMILES string of the molecule is C=CC(=O)NCCCOCCCC(CCCOCCCNC(=O)C=C)(CCCOCCCNC(=O)C=C)NC(=O)C=C. The predicted molar refractivity (Wildman–Crippen MR) is 165 cm³/mol. The Balaban J connectivity index is 4.81. The highest BCUT2D eigenvalue weighted by atomic mass is 16.5. The Morgan fingerprint density at radius 3 is 1.05 bits per heavy atom. The zero-order chi connectivity index (χ0) is 31.3. The highest BCUT2D eigenvalue weighted by Crippen LogP contribution is 2.26. The molecule has 0 unspecified atom stereocenters. The van der Waals surface area contributed by atoms with E-state index in [0.717, 1.165) is 19.3 Å². The van der Waals surface area contributed by atoms with Crippen LogP contribution >= 0.6 is 0 Å². The Morgan fingerprint density at radius 2 is 0.762 bits per heavy atom. The fraction of sp³-hybridized carbons (Fsp3) is 0.613. The zero-order valence-corrected chi connectivity index (χ0v) is 25.2. The predicted octanol–water partition coefficient (Wildman–Crippen LogP) is 2.49. The third-order valence-electron chi connectivity index (χ3n) is 6.26. The zero-order valence-electron chi connectivity index (χ0n) is 25.2. The minimum atomic E-state index is -0.477. The van der Waals surface area contributed by atoms with Gasteiger partial charge < -0.3 is 35.5 Å². The molecule has 0 saturated heterocycles. The van der Waals surface area contributed by atoms with Gasteiger partial charge in [0.25, 0.3) is 0 Å². The molecule has 0 aromatic heterocycles. The molecule has 238 valence electrons. The number of ether oxygens (including phenoxy) is 3. The molecular formula is C31H52N4O7. The molecule has 0 aliphatic heterocycles. The van der Waals surface area contributed by atoms with Crippen LogP contribution in [-0.4, -0.2) is 88.4 Å². The Morgan fingerprint density at radius 1 is 0.476 bits per heavy atom. The van der Waals surface area contributed by atoms with Crippen molar-refractivity contribution >= 4 is 23.6 Å². The van der Waals surface area contributed by atoms with Crippen LogP contribution in [0.4, 0.5) is 0 Å². The molecule has 0 atom stereocenters. The molecule has 4 amide bonds. The van der Waals surface area contributed by atoms with Crippen LogP contribution in [0.2, 0.25) is 0 Å². The maximum Gasteiger partial charge on any atom is 0.243 e. The van der Waals surface area contributed by atoms with Crippen molar-refractivity contribution in [2.75, 3.05) is 59.3 Å². The third-order valence-corrected chi connectivity index (χ3v) is 6.26. The molecule has 11 heteroatoms. The number of carbonyl (C=O) groups is 4. The van der Waals surface area contributed by atoms with Gasteiger partial charge in [-0.3, -0.25) is 19.2 Å². The van der Waals surface area contributed by atoms with Gasteiger partial charge >= 0.3 is 0 Å². The number of amides is 4. The lowest BCUT2D eigenvalue weighted by Gasteiger charge is -2.35. The maximum atomic E-state index is 12.4. The van der Waals surface area contributed by atoms with Gasteiger partial charge in [-0.1, -0.05) is 26.3 Å². The molecule has 0 spiro atoms. The van der Waals surface area contributed by atoms with Gasteiger partial charge in [0, 0.05) is 64.8 Å². The first kappa shape index (κ1) is 38.7. The van der Waals surface area contributed by atoms with Gasteiger partial charge in [0.1, 0.15) is 0 Å². The summed E-state index contributed by atoms with van der Waals surface area (Å²) in [6.45, 7) is 18.6. The quantitative estimate of drug-likeness (QED) is 0.0772. The lowest BCUT2D eigenvalue weighted by Crippen LogP contribution is -2.48. The van der Waals surface area contributed by atoms with Gasteiger partial charge in [0.2, 0.25) is 23.6 Å². The summed E-state index contributed by atoms with van der Waals surface area (Å²) in [5.41, 5.74) is -0.477. The van der Waals surface area contributed by atoms with Gasteiger partial charge in [0.15, 0.2) is 0 Å². The molecule has 0 aromatic carbocycles. The second-order valence-electron chi connectivity index (χ2n) is 9.67. The van der Waals surface area contributed by atoms with Gasteiger partial charge in [-0.25, -0.2) is 0 Å². The first-order valence-electron chi connectivity index (χ1n) is 14.7. The molecule has 0 radical (unpaired) electrons. The molecule has 4 N–H and O–H groups in total. The largest absolute Gasteiger partial charge is 0.381 e. The van der Waals surface area contributed by atoms with Crippen molar-refractivity contribution in [1.82, 2.24) is 21.3 Å². The normalized spacial score (nSPS) is 10.8. The van der Waals surface area contributed by atoms with Crippen LogP contribution in [0.5, 0.6) is 0 Å². The minimum absolute atomic E-state index is 0.204. The van der Waals surface area contributed by atoms with E-state index in [4.69, 9.17) is 14.2 Å². The first-order valence-corrected chi connectivity index (χ1v) is 14.7. The second kappa shape index (κ2) is 26.6. The van der Waals surface area contributed by atoms with Crippen molar-refractivity contribution in [1.29, 1.82) is 0 Å². The molecular weight excluding hydrogens is 540 g/mol. The van der Waals surface area contributed by atoms with E-state index in [0.29, 0.717) is 97.8 Å². The summed E-state index contributed by atoms with van der Waals surface area (Å²) in [6, 6.07) is 0. The summed E-state index contributed by atoms with van der Waals surface area (Å²) in [4.78, 5) is 46.1. The molecule has 0 saturated carbocycles. The number of nitrogens with one attached hydrogen (secondary N) is 4. The molecule has 0 rings (SSSR count). The molecule has 0 fully saturated rings. The molecule has 0 aliphatic rings. The fourth-order valence-corrected chi connectivity index (χ4v) is 4.09. The van der Waals surface area contributed by atoms with Crippen molar-refractivity contribution in [3.05, 3.63) is 50.6 Å². The summed E-state index contributed by atoms with van der Waals surface area (Å²) in [7, 11) is 0. The molecule has 0 aromatic rings. The summed E-state index contributed by atoms with van der Waals surface area (Å²) < 4.78 is 17.3. The van der Waals surface area contributed by atoms with Gasteiger partial charge in [-0.15, -0.1) is 0 Å². The fourth-order valence-electron chi connectivity index (χ4n) is 4.09. The van der Waals surface area contributed by atoms with Crippen molar-refractivity contribution in [2.24, 2.45) is 0 Å². The third kappa shape index (κ3) is 22.4. The van der Waals surface area contributed by atoms with Crippen LogP contribution in [0.15, 0.2) is 50.6 Å². The molecule has 42 heavy (non-hydrogen) atoms. The van der Waals surface area contributed by atoms with Crippen molar-refractivity contribution in [3.8, 4) is 0 Å². The Hall–Kier alpha value is -3.28. The van der Waals surface area contributed by atoms with Crippen LogP contribution < -0.4 is 21.3 Å². The summed E-state index contributed by atoms with van der Waals surface area (Å²) in [6.07, 6.45) is 11.4. The average molecular weight is 593 g/mol. The van der Waals surface area contributed by atoms with E-state index < -0.39 is 5.54 Å².